The molecule has 11 heteroatoms. The van der Waals surface area contributed by atoms with Crippen molar-refractivity contribution in [1.82, 2.24) is 18.9 Å². The number of fused-ring (bicyclic) bond motifs is 1. The summed E-state index contributed by atoms with van der Waals surface area (Å²) in [5.74, 6) is -0.653. The van der Waals surface area contributed by atoms with E-state index in [0.29, 0.717) is 35.7 Å². The van der Waals surface area contributed by atoms with Gasteiger partial charge >= 0.3 is 5.69 Å². The number of halogens is 1. The third kappa shape index (κ3) is 4.90. The maximum atomic E-state index is 13.4. The van der Waals surface area contributed by atoms with Crippen LogP contribution in [-0.4, -0.2) is 31.4 Å². The molecule has 0 fully saturated rings. The van der Waals surface area contributed by atoms with E-state index in [1.165, 1.54) is 32.9 Å². The SMILES string of the molecule is CCCCn1c(N)c(N(CCC)C(=O)Cc2csc3nc(-c4ccc(F)cc4)cn23)c(=O)[nH]c1=O. The number of nitrogens with zero attached hydrogens (tertiary/aromatic N) is 4. The predicted octanol–water partition coefficient (Wildman–Crippen LogP) is 3.42. The maximum absolute atomic E-state index is 13.4. The molecule has 3 heterocycles. The number of benzene rings is 1. The highest BCUT2D eigenvalue weighted by Crippen LogP contribution is 2.25. The number of carbonyl (C=O) groups excluding carboxylic acids is 1. The first kappa shape index (κ1) is 24.4. The highest BCUT2D eigenvalue weighted by Gasteiger charge is 2.25. The van der Waals surface area contributed by atoms with Crippen molar-refractivity contribution in [2.75, 3.05) is 17.2 Å². The number of hydrogen-bond donors (Lipinski definition) is 2. The van der Waals surface area contributed by atoms with Crippen LogP contribution in [0, 0.1) is 5.82 Å². The molecule has 0 bridgehead atoms. The first-order valence-corrected chi connectivity index (χ1v) is 12.4. The van der Waals surface area contributed by atoms with Crippen LogP contribution in [0.3, 0.4) is 0 Å². The number of imidazole rings is 1. The van der Waals surface area contributed by atoms with E-state index in [-0.39, 0.29) is 36.2 Å². The average Bonchev–Trinajstić information content (AvgIpc) is 3.40. The minimum absolute atomic E-state index is 0.00309. The summed E-state index contributed by atoms with van der Waals surface area (Å²) in [7, 11) is 0. The van der Waals surface area contributed by atoms with Crippen LogP contribution >= 0.6 is 11.3 Å². The Bertz CT molecular complexity index is 1470. The number of carbonyl (C=O) groups is 1. The monoisotopic (exact) mass is 498 g/mol. The molecule has 0 spiro atoms. The van der Waals surface area contributed by atoms with Gasteiger partial charge < -0.3 is 10.6 Å². The van der Waals surface area contributed by atoms with Gasteiger partial charge in [0, 0.05) is 35.9 Å². The zero-order chi connectivity index (χ0) is 25.1. The number of unbranched alkanes of at least 4 members (excludes halogenated alkanes) is 1. The lowest BCUT2D eigenvalue weighted by molar-refractivity contribution is -0.118. The summed E-state index contributed by atoms with van der Waals surface area (Å²) in [6.45, 7) is 4.51. The Kier molecular flexibility index (Phi) is 7.15. The lowest BCUT2D eigenvalue weighted by Crippen LogP contribution is -2.42. The van der Waals surface area contributed by atoms with Gasteiger partial charge in [0.15, 0.2) is 10.6 Å². The molecule has 3 N–H and O–H groups in total. The minimum atomic E-state index is -0.682. The second-order valence-corrected chi connectivity index (χ2v) is 9.07. The summed E-state index contributed by atoms with van der Waals surface area (Å²) < 4.78 is 16.4. The van der Waals surface area contributed by atoms with Crippen LogP contribution in [0.4, 0.5) is 15.9 Å². The van der Waals surface area contributed by atoms with Crippen molar-refractivity contribution in [2.45, 2.75) is 46.1 Å². The number of nitrogen functional groups attached to an aromatic ring is 1. The lowest BCUT2D eigenvalue weighted by atomic mass is 10.2. The van der Waals surface area contributed by atoms with E-state index < -0.39 is 11.2 Å². The molecule has 4 rings (SSSR count). The minimum Gasteiger partial charge on any atom is -0.383 e. The molecule has 0 aliphatic carbocycles. The van der Waals surface area contributed by atoms with Gasteiger partial charge in [-0.1, -0.05) is 20.3 Å². The topological polar surface area (TPSA) is 118 Å². The molecule has 3 aromatic heterocycles. The second kappa shape index (κ2) is 10.3. The molecular formula is C24H27FN6O3S. The van der Waals surface area contributed by atoms with E-state index in [1.807, 2.05) is 23.6 Å². The first-order valence-electron chi connectivity index (χ1n) is 11.5. The summed E-state index contributed by atoms with van der Waals surface area (Å²) in [5, 5.41) is 1.84. The van der Waals surface area contributed by atoms with Crippen LogP contribution < -0.4 is 21.9 Å². The fourth-order valence-corrected chi connectivity index (χ4v) is 4.80. The fraction of sp³-hybridized carbons (Fsp3) is 0.333. The summed E-state index contributed by atoms with van der Waals surface area (Å²) in [5.41, 5.74) is 7.11. The molecule has 184 valence electrons. The van der Waals surface area contributed by atoms with Crippen molar-refractivity contribution in [1.29, 1.82) is 0 Å². The van der Waals surface area contributed by atoms with Crippen LogP contribution in [-0.2, 0) is 17.8 Å². The molecule has 0 aliphatic heterocycles. The van der Waals surface area contributed by atoms with Gasteiger partial charge in [0.25, 0.3) is 5.56 Å². The summed E-state index contributed by atoms with van der Waals surface area (Å²) >= 11 is 1.38. The zero-order valence-corrected chi connectivity index (χ0v) is 20.4. The molecule has 0 atom stereocenters. The van der Waals surface area contributed by atoms with Gasteiger partial charge in [0.1, 0.15) is 11.6 Å². The van der Waals surface area contributed by atoms with Crippen molar-refractivity contribution in [3.05, 3.63) is 68.2 Å². The number of thiazole rings is 1. The van der Waals surface area contributed by atoms with Crippen LogP contribution in [0.1, 0.15) is 38.8 Å². The first-order chi connectivity index (χ1) is 16.8. The number of anilines is 2. The summed E-state index contributed by atoms with van der Waals surface area (Å²) in [6.07, 6.45) is 3.96. The highest BCUT2D eigenvalue weighted by molar-refractivity contribution is 7.15. The Morgan fingerprint density at radius 2 is 1.94 bits per heavy atom. The fourth-order valence-electron chi connectivity index (χ4n) is 3.93. The third-order valence-corrected chi connectivity index (χ3v) is 6.61. The average molecular weight is 499 g/mol. The van der Waals surface area contributed by atoms with Crippen LogP contribution in [0.5, 0.6) is 0 Å². The Balaban J connectivity index is 1.67. The van der Waals surface area contributed by atoms with Gasteiger partial charge in [-0.15, -0.1) is 11.3 Å². The normalized spacial score (nSPS) is 11.3. The van der Waals surface area contributed by atoms with E-state index >= 15 is 0 Å². The number of aromatic amines is 1. The standard InChI is InChI=1S/C24H27FN6O3S/c1-3-5-11-30-21(26)20(22(33)28-23(30)34)29(10-4-2)19(32)12-17-14-35-24-27-18(13-31(17)24)15-6-8-16(25)9-7-15/h6-9,13-14H,3-5,10-12,26H2,1-2H3,(H,28,33,34). The molecular weight excluding hydrogens is 471 g/mol. The Morgan fingerprint density at radius 3 is 2.63 bits per heavy atom. The van der Waals surface area contributed by atoms with Gasteiger partial charge in [-0.2, -0.15) is 0 Å². The quantitative estimate of drug-likeness (QED) is 0.367. The van der Waals surface area contributed by atoms with Crippen molar-refractivity contribution < 1.29 is 9.18 Å². The molecule has 35 heavy (non-hydrogen) atoms. The van der Waals surface area contributed by atoms with Gasteiger partial charge in [-0.25, -0.2) is 14.2 Å². The molecule has 1 aromatic carbocycles. The molecule has 0 unspecified atom stereocenters. The third-order valence-electron chi connectivity index (χ3n) is 5.72. The summed E-state index contributed by atoms with van der Waals surface area (Å²) in [4.78, 5) is 47.4. The van der Waals surface area contributed by atoms with Crippen molar-refractivity contribution in [2.24, 2.45) is 0 Å². The molecule has 0 saturated carbocycles. The van der Waals surface area contributed by atoms with E-state index in [0.717, 1.165) is 12.0 Å². The van der Waals surface area contributed by atoms with E-state index in [4.69, 9.17) is 5.73 Å². The number of H-pyrrole nitrogens is 1. The molecule has 4 aromatic rings. The van der Waals surface area contributed by atoms with Gasteiger partial charge in [0.05, 0.1) is 12.1 Å². The number of hydrogen-bond acceptors (Lipinski definition) is 6. The maximum Gasteiger partial charge on any atom is 0.330 e. The van der Waals surface area contributed by atoms with E-state index in [2.05, 4.69) is 9.97 Å². The zero-order valence-electron chi connectivity index (χ0n) is 19.6. The van der Waals surface area contributed by atoms with Crippen LogP contribution in [0.15, 0.2) is 45.4 Å². The Morgan fingerprint density at radius 1 is 1.20 bits per heavy atom. The van der Waals surface area contributed by atoms with Crippen molar-refractivity contribution in [3.63, 3.8) is 0 Å². The smallest absolute Gasteiger partial charge is 0.330 e. The predicted molar refractivity (Wildman–Crippen MR) is 135 cm³/mol. The Labute approximate surface area is 204 Å². The molecule has 0 radical (unpaired) electrons. The largest absolute Gasteiger partial charge is 0.383 e. The molecule has 0 saturated heterocycles. The number of nitrogens with one attached hydrogen (secondary N) is 1. The molecule has 0 aliphatic rings. The van der Waals surface area contributed by atoms with E-state index in [1.54, 1.807) is 18.3 Å². The number of amides is 1. The van der Waals surface area contributed by atoms with Crippen molar-refractivity contribution in [3.8, 4) is 11.3 Å². The van der Waals surface area contributed by atoms with Crippen LogP contribution in [0.25, 0.3) is 16.2 Å². The number of rotatable bonds is 9. The lowest BCUT2D eigenvalue weighted by Gasteiger charge is -2.24. The number of aromatic nitrogens is 4. The Hall–Kier alpha value is -3.73. The van der Waals surface area contributed by atoms with Crippen molar-refractivity contribution >= 4 is 33.7 Å². The second-order valence-electron chi connectivity index (χ2n) is 8.23. The molecule has 1 amide bonds. The number of nitrogens with two attached hydrogens (primary N) is 1. The van der Waals surface area contributed by atoms with E-state index in [9.17, 15) is 18.8 Å². The summed E-state index contributed by atoms with van der Waals surface area (Å²) in [6, 6.07) is 6.05. The van der Waals surface area contributed by atoms with Gasteiger partial charge in [-0.05, 0) is 37.1 Å². The van der Waals surface area contributed by atoms with Gasteiger partial charge in [0.2, 0.25) is 5.91 Å². The molecule has 9 nitrogen and oxygen atoms in total. The highest BCUT2D eigenvalue weighted by atomic mass is 32.1. The van der Waals surface area contributed by atoms with Crippen LogP contribution in [0.2, 0.25) is 0 Å². The van der Waals surface area contributed by atoms with Gasteiger partial charge in [-0.3, -0.25) is 23.5 Å².